The SMILES string of the molecule is Nc1ncnc2c1ncn2[C@@H]1O[C@H](COP(=O)(O)OCCCl)[C@@H](O)[C@H]1O. The van der Waals surface area contributed by atoms with Crippen LogP contribution in [0, 0.1) is 0 Å². The molecule has 1 saturated heterocycles. The van der Waals surface area contributed by atoms with Crippen molar-refractivity contribution in [3.63, 3.8) is 0 Å². The topological polar surface area (TPSA) is 175 Å². The zero-order valence-electron chi connectivity index (χ0n) is 13.3. The number of aliphatic hydroxyl groups excluding tert-OH is 2. The van der Waals surface area contributed by atoms with Crippen LogP contribution < -0.4 is 5.73 Å². The minimum atomic E-state index is -4.35. The minimum absolute atomic E-state index is 0.00986. The van der Waals surface area contributed by atoms with E-state index in [1.807, 2.05) is 0 Å². The second-order valence-electron chi connectivity index (χ2n) is 5.42. The van der Waals surface area contributed by atoms with E-state index in [1.54, 1.807) is 0 Å². The molecule has 1 fully saturated rings. The predicted molar refractivity (Wildman–Crippen MR) is 88.1 cm³/mol. The lowest BCUT2D eigenvalue weighted by atomic mass is 10.1. The summed E-state index contributed by atoms with van der Waals surface area (Å²) in [6, 6.07) is 0. The Morgan fingerprint density at radius 1 is 1.31 bits per heavy atom. The summed E-state index contributed by atoms with van der Waals surface area (Å²) < 4.78 is 27.9. The van der Waals surface area contributed by atoms with Crippen LogP contribution in [0.5, 0.6) is 0 Å². The Hall–Kier alpha value is -1.37. The van der Waals surface area contributed by atoms with Crippen LogP contribution in [-0.4, -0.2) is 72.0 Å². The van der Waals surface area contributed by atoms with Gasteiger partial charge in [-0.1, -0.05) is 0 Å². The number of phosphoric acid groups is 1. The van der Waals surface area contributed by atoms with Gasteiger partial charge in [-0.3, -0.25) is 13.6 Å². The number of alkyl halides is 1. The Labute approximate surface area is 152 Å². The molecule has 0 radical (unpaired) electrons. The highest BCUT2D eigenvalue weighted by atomic mass is 35.5. The van der Waals surface area contributed by atoms with Gasteiger partial charge < -0.3 is 25.6 Å². The Morgan fingerprint density at radius 3 is 2.81 bits per heavy atom. The van der Waals surface area contributed by atoms with Gasteiger partial charge in [0.25, 0.3) is 0 Å². The molecule has 2 aromatic rings. The molecule has 0 aliphatic carbocycles. The summed E-state index contributed by atoms with van der Waals surface area (Å²) >= 11 is 5.37. The highest BCUT2D eigenvalue weighted by Gasteiger charge is 2.45. The summed E-state index contributed by atoms with van der Waals surface area (Å²) in [5.74, 6) is 0.162. The van der Waals surface area contributed by atoms with Gasteiger partial charge in [-0.2, -0.15) is 0 Å². The number of rotatable bonds is 7. The largest absolute Gasteiger partial charge is 0.472 e. The summed E-state index contributed by atoms with van der Waals surface area (Å²) in [4.78, 5) is 21.4. The molecule has 5 N–H and O–H groups in total. The van der Waals surface area contributed by atoms with E-state index in [2.05, 4.69) is 19.5 Å². The van der Waals surface area contributed by atoms with Gasteiger partial charge in [0.2, 0.25) is 0 Å². The maximum atomic E-state index is 11.6. The molecule has 2 aromatic heterocycles. The standard InChI is InChI=1S/C12H17ClN5O7P/c13-1-2-23-26(21,22)24-3-6-8(19)9(20)12(25-6)18-5-17-7-10(14)15-4-16-11(7)18/h4-6,8-9,12,19-20H,1-3H2,(H,21,22)(H2,14,15,16)/t6-,8-,9-,12-/m1/s1. The molecule has 14 heteroatoms. The van der Waals surface area contributed by atoms with Crippen LogP contribution in [0.1, 0.15) is 6.23 Å². The Kier molecular flexibility index (Phi) is 5.75. The van der Waals surface area contributed by atoms with Crippen molar-refractivity contribution < 1.29 is 33.5 Å². The highest BCUT2D eigenvalue weighted by molar-refractivity contribution is 7.47. The number of anilines is 1. The number of halogens is 1. The quantitative estimate of drug-likeness (QED) is 0.339. The summed E-state index contributed by atoms with van der Waals surface area (Å²) in [7, 11) is -4.35. The fourth-order valence-electron chi connectivity index (χ4n) is 2.51. The van der Waals surface area contributed by atoms with Crippen molar-refractivity contribution >= 4 is 36.4 Å². The number of nitrogen functional groups attached to an aromatic ring is 1. The monoisotopic (exact) mass is 409 g/mol. The van der Waals surface area contributed by atoms with E-state index in [4.69, 9.17) is 26.6 Å². The molecule has 12 nitrogen and oxygen atoms in total. The van der Waals surface area contributed by atoms with Gasteiger partial charge in [-0.05, 0) is 0 Å². The van der Waals surface area contributed by atoms with Gasteiger partial charge in [-0.25, -0.2) is 19.5 Å². The van der Waals surface area contributed by atoms with Gasteiger partial charge in [0, 0.05) is 5.88 Å². The minimum Gasteiger partial charge on any atom is -0.387 e. The van der Waals surface area contributed by atoms with Crippen molar-refractivity contribution in [2.24, 2.45) is 0 Å². The number of phosphoric ester groups is 1. The third-order valence-electron chi connectivity index (χ3n) is 3.73. The number of aromatic nitrogens is 4. The predicted octanol–water partition coefficient (Wildman–Crippen LogP) is -0.600. The molecule has 0 spiro atoms. The molecular formula is C12H17ClN5O7P. The summed E-state index contributed by atoms with van der Waals surface area (Å²) in [5, 5.41) is 20.4. The molecule has 0 aromatic carbocycles. The van der Waals surface area contributed by atoms with E-state index in [0.29, 0.717) is 11.2 Å². The highest BCUT2D eigenvalue weighted by Crippen LogP contribution is 2.44. The van der Waals surface area contributed by atoms with Crippen LogP contribution in [0.15, 0.2) is 12.7 Å². The fourth-order valence-corrected chi connectivity index (χ4v) is 3.42. The fraction of sp³-hybridized carbons (Fsp3) is 0.583. The van der Waals surface area contributed by atoms with E-state index in [9.17, 15) is 19.7 Å². The molecule has 1 aliphatic rings. The molecule has 26 heavy (non-hydrogen) atoms. The molecule has 3 rings (SSSR count). The van der Waals surface area contributed by atoms with E-state index in [1.165, 1.54) is 17.2 Å². The molecular weight excluding hydrogens is 393 g/mol. The van der Waals surface area contributed by atoms with Crippen molar-refractivity contribution in [2.45, 2.75) is 24.5 Å². The van der Waals surface area contributed by atoms with Crippen LogP contribution in [-0.2, 0) is 18.3 Å². The summed E-state index contributed by atoms with van der Waals surface area (Å²) in [6.45, 7) is -0.675. The van der Waals surface area contributed by atoms with Crippen LogP contribution in [0.4, 0.5) is 5.82 Å². The third-order valence-corrected chi connectivity index (χ3v) is 4.87. The lowest BCUT2D eigenvalue weighted by Gasteiger charge is -2.17. The summed E-state index contributed by atoms with van der Waals surface area (Å²) in [6.07, 6.45) is -2.33. The van der Waals surface area contributed by atoms with Crippen molar-refractivity contribution in [3.05, 3.63) is 12.7 Å². The molecule has 0 saturated carbocycles. The number of hydrogen-bond acceptors (Lipinski definition) is 10. The van der Waals surface area contributed by atoms with Crippen molar-refractivity contribution in [2.75, 3.05) is 24.8 Å². The lowest BCUT2D eigenvalue weighted by molar-refractivity contribution is -0.0512. The molecule has 1 unspecified atom stereocenters. The van der Waals surface area contributed by atoms with E-state index < -0.39 is 39.0 Å². The van der Waals surface area contributed by atoms with Crippen molar-refractivity contribution in [1.29, 1.82) is 0 Å². The third kappa shape index (κ3) is 3.82. The molecule has 3 heterocycles. The molecule has 0 amide bonds. The Bertz CT molecular complexity index is 822. The van der Waals surface area contributed by atoms with Crippen LogP contribution in [0.2, 0.25) is 0 Å². The summed E-state index contributed by atoms with van der Waals surface area (Å²) in [5.41, 5.74) is 6.32. The van der Waals surface area contributed by atoms with Crippen molar-refractivity contribution in [1.82, 2.24) is 19.5 Å². The normalized spacial score (nSPS) is 28.5. The lowest BCUT2D eigenvalue weighted by Crippen LogP contribution is -2.33. The van der Waals surface area contributed by atoms with Crippen molar-refractivity contribution in [3.8, 4) is 0 Å². The van der Waals surface area contributed by atoms with Gasteiger partial charge >= 0.3 is 7.82 Å². The smallest absolute Gasteiger partial charge is 0.387 e. The van der Waals surface area contributed by atoms with Gasteiger partial charge in [0.05, 0.1) is 19.5 Å². The second-order valence-corrected chi connectivity index (χ2v) is 7.25. The van der Waals surface area contributed by atoms with Crippen LogP contribution >= 0.6 is 19.4 Å². The number of nitrogens with two attached hydrogens (primary N) is 1. The molecule has 1 aliphatic heterocycles. The first kappa shape index (κ1) is 19.4. The van der Waals surface area contributed by atoms with E-state index >= 15 is 0 Å². The maximum absolute atomic E-state index is 11.6. The first-order valence-corrected chi connectivity index (χ1v) is 9.49. The number of nitrogens with zero attached hydrogens (tertiary/aromatic N) is 4. The number of hydrogen-bond donors (Lipinski definition) is 4. The Morgan fingerprint density at radius 2 is 2.08 bits per heavy atom. The number of fused-ring (bicyclic) bond motifs is 1. The first-order valence-electron chi connectivity index (χ1n) is 7.46. The van der Waals surface area contributed by atoms with Crippen LogP contribution in [0.25, 0.3) is 11.2 Å². The number of ether oxygens (including phenoxy) is 1. The molecule has 5 atom stereocenters. The number of aliphatic hydroxyl groups is 2. The average Bonchev–Trinajstić information content (AvgIpc) is 3.15. The van der Waals surface area contributed by atoms with Gasteiger partial charge in [-0.15, -0.1) is 11.6 Å². The number of imidazole rings is 1. The molecule has 144 valence electrons. The van der Waals surface area contributed by atoms with E-state index in [0.717, 1.165) is 0 Å². The van der Waals surface area contributed by atoms with Gasteiger partial charge in [0.15, 0.2) is 17.7 Å². The van der Waals surface area contributed by atoms with E-state index in [-0.39, 0.29) is 18.3 Å². The molecule has 0 bridgehead atoms. The Balaban J connectivity index is 1.73. The van der Waals surface area contributed by atoms with Crippen LogP contribution in [0.3, 0.4) is 0 Å². The zero-order valence-corrected chi connectivity index (χ0v) is 14.9. The second kappa shape index (κ2) is 7.71. The average molecular weight is 410 g/mol. The zero-order chi connectivity index (χ0) is 18.9. The van der Waals surface area contributed by atoms with Gasteiger partial charge in [0.1, 0.15) is 30.2 Å². The first-order chi connectivity index (χ1) is 12.3. The maximum Gasteiger partial charge on any atom is 0.472 e.